The molecule has 0 radical (unpaired) electrons. The van der Waals surface area contributed by atoms with Crippen molar-refractivity contribution in [3.8, 4) is 0 Å². The highest BCUT2D eigenvalue weighted by Gasteiger charge is 2.10. The normalized spacial score (nSPS) is 12.1. The highest BCUT2D eigenvalue weighted by atomic mass is 16.6. The minimum atomic E-state index is -0.465. The maximum absolute atomic E-state index is 10.6. The Hall–Kier alpha value is -2.57. The summed E-state index contributed by atoms with van der Waals surface area (Å²) in [7, 11) is 0. The Balaban J connectivity index is 2.04. The van der Waals surface area contributed by atoms with Gasteiger partial charge in [-0.05, 0) is 19.1 Å². The van der Waals surface area contributed by atoms with Crippen LogP contribution in [0.15, 0.2) is 36.7 Å². The Morgan fingerprint density at radius 2 is 2.37 bits per heavy atom. The van der Waals surface area contributed by atoms with E-state index in [4.69, 9.17) is 5.73 Å². The number of nitro benzene ring substituents is 1. The van der Waals surface area contributed by atoms with Crippen molar-refractivity contribution in [3.05, 3.63) is 46.8 Å². The molecule has 0 spiro atoms. The van der Waals surface area contributed by atoms with Gasteiger partial charge < -0.3 is 11.1 Å². The summed E-state index contributed by atoms with van der Waals surface area (Å²) in [4.78, 5) is 10.2. The fraction of sp³-hybridized carbons (Fsp3) is 0.250. The van der Waals surface area contributed by atoms with Gasteiger partial charge in [0.1, 0.15) is 0 Å². The summed E-state index contributed by atoms with van der Waals surface area (Å²) in [5, 5.41) is 17.9. The van der Waals surface area contributed by atoms with E-state index in [1.54, 1.807) is 16.9 Å². The van der Waals surface area contributed by atoms with Gasteiger partial charge in [0.05, 0.1) is 22.8 Å². The average molecular weight is 261 g/mol. The summed E-state index contributed by atoms with van der Waals surface area (Å²) >= 11 is 0. The molecule has 1 aromatic carbocycles. The third-order valence-electron chi connectivity index (χ3n) is 2.67. The number of anilines is 2. The van der Waals surface area contributed by atoms with Crippen molar-refractivity contribution in [1.82, 2.24) is 9.78 Å². The number of nitro groups is 1. The summed E-state index contributed by atoms with van der Waals surface area (Å²) in [6.45, 7) is 2.67. The molecule has 0 aliphatic rings. The Morgan fingerprint density at radius 1 is 1.58 bits per heavy atom. The molecule has 0 amide bonds. The number of non-ortho nitro benzene ring substituents is 1. The molecule has 1 aromatic heterocycles. The first-order valence-electron chi connectivity index (χ1n) is 5.84. The summed E-state index contributed by atoms with van der Waals surface area (Å²) < 4.78 is 1.80. The molecule has 100 valence electrons. The topological polar surface area (TPSA) is 99.0 Å². The van der Waals surface area contributed by atoms with E-state index in [1.807, 2.05) is 19.2 Å². The lowest BCUT2D eigenvalue weighted by molar-refractivity contribution is -0.384. The van der Waals surface area contributed by atoms with E-state index in [2.05, 4.69) is 10.4 Å². The van der Waals surface area contributed by atoms with Crippen molar-refractivity contribution in [2.24, 2.45) is 0 Å². The van der Waals surface area contributed by atoms with Gasteiger partial charge in [-0.2, -0.15) is 5.10 Å². The standard InChI is InChI=1S/C12H15N5O2/c1-9(8-16-6-2-5-14-16)15-12-4-3-10(17(18)19)7-11(12)13/h2-7,9,15H,8,13H2,1H3. The van der Waals surface area contributed by atoms with Crippen molar-refractivity contribution in [2.45, 2.75) is 19.5 Å². The zero-order valence-electron chi connectivity index (χ0n) is 10.5. The molecular formula is C12H15N5O2. The molecule has 0 fully saturated rings. The number of nitrogens with two attached hydrogens (primary N) is 1. The molecular weight excluding hydrogens is 246 g/mol. The number of rotatable bonds is 5. The molecule has 7 nitrogen and oxygen atoms in total. The van der Waals surface area contributed by atoms with Gasteiger partial charge in [0.15, 0.2) is 0 Å². The molecule has 0 saturated heterocycles. The molecule has 1 heterocycles. The van der Waals surface area contributed by atoms with Gasteiger partial charge in [-0.3, -0.25) is 14.8 Å². The summed E-state index contributed by atoms with van der Waals surface area (Å²) in [5.74, 6) is 0. The van der Waals surface area contributed by atoms with E-state index >= 15 is 0 Å². The van der Waals surface area contributed by atoms with Gasteiger partial charge in [-0.25, -0.2) is 0 Å². The lowest BCUT2D eigenvalue weighted by Crippen LogP contribution is -2.22. The van der Waals surface area contributed by atoms with Crippen LogP contribution in [0.25, 0.3) is 0 Å². The molecule has 0 aliphatic heterocycles. The van der Waals surface area contributed by atoms with Crippen molar-refractivity contribution < 1.29 is 4.92 Å². The third-order valence-corrected chi connectivity index (χ3v) is 2.67. The summed E-state index contributed by atoms with van der Waals surface area (Å²) in [6, 6.07) is 6.35. The third kappa shape index (κ3) is 3.21. The quantitative estimate of drug-likeness (QED) is 0.486. The number of benzene rings is 1. The number of hydrogen-bond acceptors (Lipinski definition) is 5. The number of hydrogen-bond donors (Lipinski definition) is 2. The van der Waals surface area contributed by atoms with E-state index in [9.17, 15) is 10.1 Å². The van der Waals surface area contributed by atoms with Crippen LogP contribution in [0, 0.1) is 10.1 Å². The molecule has 2 aromatic rings. The number of nitrogen functional groups attached to an aromatic ring is 1. The predicted molar refractivity (Wildman–Crippen MR) is 72.8 cm³/mol. The fourth-order valence-corrected chi connectivity index (χ4v) is 1.80. The maximum atomic E-state index is 10.6. The molecule has 0 aliphatic carbocycles. The second-order valence-electron chi connectivity index (χ2n) is 4.30. The highest BCUT2D eigenvalue weighted by Crippen LogP contribution is 2.24. The minimum Gasteiger partial charge on any atom is -0.397 e. The number of nitrogens with one attached hydrogen (secondary N) is 1. The molecule has 1 atom stereocenters. The Morgan fingerprint density at radius 3 is 2.95 bits per heavy atom. The van der Waals surface area contributed by atoms with E-state index in [1.165, 1.54) is 12.1 Å². The minimum absolute atomic E-state index is 0.0113. The van der Waals surface area contributed by atoms with Gasteiger partial charge in [0.25, 0.3) is 5.69 Å². The van der Waals surface area contributed by atoms with Crippen LogP contribution in [-0.2, 0) is 6.54 Å². The zero-order valence-corrected chi connectivity index (χ0v) is 10.5. The monoisotopic (exact) mass is 261 g/mol. The SMILES string of the molecule is CC(Cn1cccn1)Nc1ccc([N+](=O)[O-])cc1N. The molecule has 2 rings (SSSR count). The van der Waals surface area contributed by atoms with Crippen LogP contribution in [0.2, 0.25) is 0 Å². The summed E-state index contributed by atoms with van der Waals surface area (Å²) in [6.07, 6.45) is 3.59. The van der Waals surface area contributed by atoms with E-state index in [-0.39, 0.29) is 11.7 Å². The number of aromatic nitrogens is 2. The Labute approximate surface area is 110 Å². The molecule has 19 heavy (non-hydrogen) atoms. The van der Waals surface area contributed by atoms with Crippen LogP contribution in [0.3, 0.4) is 0 Å². The van der Waals surface area contributed by atoms with Crippen LogP contribution >= 0.6 is 0 Å². The van der Waals surface area contributed by atoms with Crippen molar-refractivity contribution >= 4 is 17.1 Å². The molecule has 0 bridgehead atoms. The smallest absolute Gasteiger partial charge is 0.271 e. The molecule has 7 heteroatoms. The van der Waals surface area contributed by atoms with E-state index in [0.29, 0.717) is 17.9 Å². The average Bonchev–Trinajstić information content (AvgIpc) is 2.84. The van der Waals surface area contributed by atoms with Gasteiger partial charge >= 0.3 is 0 Å². The lowest BCUT2D eigenvalue weighted by atomic mass is 10.2. The molecule has 0 saturated carbocycles. The van der Waals surface area contributed by atoms with Crippen LogP contribution in [0.5, 0.6) is 0 Å². The van der Waals surface area contributed by atoms with Crippen molar-refractivity contribution in [1.29, 1.82) is 0 Å². The highest BCUT2D eigenvalue weighted by molar-refractivity contribution is 5.69. The van der Waals surface area contributed by atoms with Crippen LogP contribution < -0.4 is 11.1 Å². The van der Waals surface area contributed by atoms with Crippen molar-refractivity contribution in [3.63, 3.8) is 0 Å². The summed E-state index contributed by atoms with van der Waals surface area (Å²) in [5.41, 5.74) is 6.83. The predicted octanol–water partition coefficient (Wildman–Crippen LogP) is 1.87. The van der Waals surface area contributed by atoms with Gasteiger partial charge in [0.2, 0.25) is 0 Å². The first-order valence-corrected chi connectivity index (χ1v) is 5.84. The first-order chi connectivity index (χ1) is 9.06. The first kappa shape index (κ1) is 12.9. The molecule has 1 unspecified atom stereocenters. The van der Waals surface area contributed by atoms with Crippen molar-refractivity contribution in [2.75, 3.05) is 11.1 Å². The lowest BCUT2D eigenvalue weighted by Gasteiger charge is -2.16. The number of nitrogens with zero attached hydrogens (tertiary/aromatic N) is 3. The fourth-order valence-electron chi connectivity index (χ4n) is 1.80. The van der Waals surface area contributed by atoms with Gasteiger partial charge in [0, 0.05) is 30.6 Å². The second-order valence-corrected chi connectivity index (χ2v) is 4.30. The van der Waals surface area contributed by atoms with Crippen LogP contribution in [0.1, 0.15) is 6.92 Å². The van der Waals surface area contributed by atoms with Crippen LogP contribution in [-0.4, -0.2) is 20.7 Å². The van der Waals surface area contributed by atoms with Gasteiger partial charge in [-0.1, -0.05) is 0 Å². The Bertz CT molecular complexity index is 568. The van der Waals surface area contributed by atoms with E-state index in [0.717, 1.165) is 0 Å². The maximum Gasteiger partial charge on any atom is 0.271 e. The zero-order chi connectivity index (χ0) is 13.8. The largest absolute Gasteiger partial charge is 0.397 e. The molecule has 3 N–H and O–H groups in total. The second kappa shape index (κ2) is 5.38. The van der Waals surface area contributed by atoms with Crippen LogP contribution in [0.4, 0.5) is 17.1 Å². The van der Waals surface area contributed by atoms with E-state index < -0.39 is 4.92 Å². The Kier molecular flexibility index (Phi) is 3.65. The van der Waals surface area contributed by atoms with Gasteiger partial charge in [-0.15, -0.1) is 0 Å².